The van der Waals surface area contributed by atoms with E-state index in [-0.39, 0.29) is 12.4 Å². The van der Waals surface area contributed by atoms with Crippen molar-refractivity contribution in [2.75, 3.05) is 23.9 Å². The molecule has 4 heteroatoms. The van der Waals surface area contributed by atoms with Gasteiger partial charge in [0.15, 0.2) is 0 Å². The monoisotopic (exact) mass is 232 g/mol. The molecule has 0 radical (unpaired) electrons. The van der Waals surface area contributed by atoms with Crippen LogP contribution in [-0.4, -0.2) is 29.0 Å². The summed E-state index contributed by atoms with van der Waals surface area (Å²) in [6, 6.07) is 6.53. The molecule has 1 rings (SSSR count). The molecule has 0 bridgehead atoms. The Bertz CT molecular complexity index is 251. The van der Waals surface area contributed by atoms with Crippen LogP contribution in [0.15, 0.2) is 29.2 Å². The molecule has 0 amide bonds. The molecule has 1 N–H and O–H groups in total. The van der Waals surface area contributed by atoms with E-state index >= 15 is 0 Å². The fourth-order valence-electron chi connectivity index (χ4n) is 0.916. The smallest absolute Gasteiger partial charge is 0.123 e. The van der Waals surface area contributed by atoms with Crippen molar-refractivity contribution in [2.45, 2.75) is 4.90 Å². The lowest BCUT2D eigenvalue weighted by Crippen LogP contribution is -1.90. The third kappa shape index (κ3) is 4.88. The number of benzene rings is 1. The fourth-order valence-corrected chi connectivity index (χ4v) is 2.62. The van der Waals surface area contributed by atoms with Crippen LogP contribution < -0.4 is 0 Å². The molecule has 0 aromatic heterocycles. The van der Waals surface area contributed by atoms with E-state index in [9.17, 15) is 4.39 Å². The lowest BCUT2D eigenvalue weighted by atomic mass is 10.4. The van der Waals surface area contributed by atoms with Gasteiger partial charge in [-0.05, 0) is 24.3 Å². The maximum Gasteiger partial charge on any atom is 0.123 e. The third-order valence-electron chi connectivity index (χ3n) is 1.55. The Hall–Kier alpha value is -0.190. The zero-order valence-corrected chi connectivity index (χ0v) is 9.41. The van der Waals surface area contributed by atoms with Crippen molar-refractivity contribution in [2.24, 2.45) is 0 Å². The predicted octanol–water partition coefficient (Wildman–Crippen LogP) is 2.64. The summed E-state index contributed by atoms with van der Waals surface area (Å²) in [4.78, 5) is 1.09. The topological polar surface area (TPSA) is 20.2 Å². The first-order valence-electron chi connectivity index (χ1n) is 4.40. The first-order valence-corrected chi connectivity index (χ1v) is 6.54. The van der Waals surface area contributed by atoms with Crippen molar-refractivity contribution >= 4 is 23.5 Å². The number of hydrogen-bond donors (Lipinski definition) is 1. The average Bonchev–Trinajstić information content (AvgIpc) is 2.21. The van der Waals surface area contributed by atoms with Crippen molar-refractivity contribution in [3.8, 4) is 0 Å². The number of hydrogen-bond acceptors (Lipinski definition) is 3. The summed E-state index contributed by atoms with van der Waals surface area (Å²) in [6.45, 7) is 0.242. The van der Waals surface area contributed by atoms with Crippen LogP contribution in [0.5, 0.6) is 0 Å². The molecular formula is C10H13FOS2. The van der Waals surface area contributed by atoms with Gasteiger partial charge in [0.2, 0.25) is 0 Å². The summed E-state index contributed by atoms with van der Waals surface area (Å²) in [6.07, 6.45) is 0. The summed E-state index contributed by atoms with van der Waals surface area (Å²) >= 11 is 3.44. The minimum Gasteiger partial charge on any atom is -0.396 e. The van der Waals surface area contributed by atoms with Crippen LogP contribution in [-0.2, 0) is 0 Å². The highest BCUT2D eigenvalue weighted by atomic mass is 32.2. The van der Waals surface area contributed by atoms with Gasteiger partial charge < -0.3 is 5.11 Å². The molecule has 14 heavy (non-hydrogen) atoms. The van der Waals surface area contributed by atoms with Gasteiger partial charge in [-0.15, -0.1) is 11.8 Å². The highest BCUT2D eigenvalue weighted by Gasteiger charge is 1.94. The van der Waals surface area contributed by atoms with E-state index in [1.54, 1.807) is 35.7 Å². The Kier molecular flexibility index (Phi) is 6.07. The first-order chi connectivity index (χ1) is 6.83. The normalized spacial score (nSPS) is 10.4. The standard InChI is InChI=1S/C10H13FOS2/c11-9-1-3-10(4-2-9)14-8-7-13-6-5-12/h1-4,12H,5-8H2. The van der Waals surface area contributed by atoms with Gasteiger partial charge in [-0.3, -0.25) is 0 Å². The summed E-state index contributed by atoms with van der Waals surface area (Å²) in [5.74, 6) is 2.62. The van der Waals surface area contributed by atoms with Gasteiger partial charge >= 0.3 is 0 Å². The van der Waals surface area contributed by atoms with Crippen molar-refractivity contribution in [3.05, 3.63) is 30.1 Å². The highest BCUT2D eigenvalue weighted by Crippen LogP contribution is 2.19. The predicted molar refractivity (Wildman–Crippen MR) is 61.5 cm³/mol. The van der Waals surface area contributed by atoms with E-state index in [1.165, 1.54) is 12.1 Å². The van der Waals surface area contributed by atoms with Crippen LogP contribution in [0, 0.1) is 5.82 Å². The molecule has 1 aromatic rings. The molecule has 0 saturated heterocycles. The average molecular weight is 232 g/mol. The zero-order valence-electron chi connectivity index (χ0n) is 7.78. The van der Waals surface area contributed by atoms with E-state index in [1.807, 2.05) is 0 Å². The summed E-state index contributed by atoms with van der Waals surface area (Å²) in [5.41, 5.74) is 0. The summed E-state index contributed by atoms with van der Waals surface area (Å²) < 4.78 is 12.5. The quantitative estimate of drug-likeness (QED) is 0.601. The molecule has 0 atom stereocenters. The van der Waals surface area contributed by atoms with E-state index < -0.39 is 0 Å². The maximum atomic E-state index is 12.5. The minimum atomic E-state index is -0.191. The molecule has 0 aliphatic heterocycles. The molecule has 1 nitrogen and oxygen atoms in total. The molecule has 0 spiro atoms. The summed E-state index contributed by atoms with van der Waals surface area (Å²) in [5, 5.41) is 8.54. The van der Waals surface area contributed by atoms with Crippen LogP contribution in [0.4, 0.5) is 4.39 Å². The Morgan fingerprint density at radius 3 is 2.43 bits per heavy atom. The van der Waals surface area contributed by atoms with E-state index in [0.717, 1.165) is 22.2 Å². The lowest BCUT2D eigenvalue weighted by Gasteiger charge is -2.00. The maximum absolute atomic E-state index is 12.5. The Labute approximate surface area is 92.1 Å². The largest absolute Gasteiger partial charge is 0.396 e. The Morgan fingerprint density at radius 2 is 1.79 bits per heavy atom. The van der Waals surface area contributed by atoms with Crippen LogP contribution >= 0.6 is 23.5 Å². The van der Waals surface area contributed by atoms with Crippen LogP contribution in [0.1, 0.15) is 0 Å². The molecular weight excluding hydrogens is 219 g/mol. The number of aliphatic hydroxyl groups excluding tert-OH is 1. The summed E-state index contributed by atoms with van der Waals surface area (Å²) in [7, 11) is 0. The van der Waals surface area contributed by atoms with Gasteiger partial charge in [0, 0.05) is 22.2 Å². The molecule has 0 unspecified atom stereocenters. The van der Waals surface area contributed by atoms with Gasteiger partial charge in [0.25, 0.3) is 0 Å². The molecule has 0 aliphatic carbocycles. The van der Waals surface area contributed by atoms with Gasteiger partial charge in [-0.25, -0.2) is 4.39 Å². The van der Waals surface area contributed by atoms with Gasteiger partial charge in [0.1, 0.15) is 5.82 Å². The second-order valence-corrected chi connectivity index (χ2v) is 5.03. The van der Waals surface area contributed by atoms with Gasteiger partial charge in [0.05, 0.1) is 6.61 Å². The second kappa shape index (κ2) is 7.15. The number of aliphatic hydroxyl groups is 1. The first kappa shape index (κ1) is 11.9. The van der Waals surface area contributed by atoms with Gasteiger partial charge in [-0.1, -0.05) is 0 Å². The Balaban J connectivity index is 2.15. The fraction of sp³-hybridized carbons (Fsp3) is 0.400. The lowest BCUT2D eigenvalue weighted by molar-refractivity contribution is 0.322. The zero-order chi connectivity index (χ0) is 10.2. The number of rotatable bonds is 6. The highest BCUT2D eigenvalue weighted by molar-refractivity contribution is 8.02. The van der Waals surface area contributed by atoms with E-state index in [2.05, 4.69) is 0 Å². The molecule has 1 aromatic carbocycles. The van der Waals surface area contributed by atoms with Crippen molar-refractivity contribution < 1.29 is 9.50 Å². The van der Waals surface area contributed by atoms with Crippen LogP contribution in [0.3, 0.4) is 0 Å². The number of halogens is 1. The second-order valence-electron chi connectivity index (χ2n) is 2.64. The third-order valence-corrected chi connectivity index (χ3v) is 3.78. The molecule has 78 valence electrons. The molecule has 0 aliphatic rings. The van der Waals surface area contributed by atoms with Crippen molar-refractivity contribution in [3.63, 3.8) is 0 Å². The number of thioether (sulfide) groups is 2. The van der Waals surface area contributed by atoms with Gasteiger partial charge in [-0.2, -0.15) is 11.8 Å². The Morgan fingerprint density at radius 1 is 1.07 bits per heavy atom. The minimum absolute atomic E-state index is 0.191. The molecule has 0 fully saturated rings. The van der Waals surface area contributed by atoms with E-state index in [4.69, 9.17) is 5.11 Å². The SMILES string of the molecule is OCCSCCSc1ccc(F)cc1. The molecule has 0 saturated carbocycles. The van der Waals surface area contributed by atoms with Crippen LogP contribution in [0.2, 0.25) is 0 Å². The van der Waals surface area contributed by atoms with Crippen molar-refractivity contribution in [1.82, 2.24) is 0 Å². The van der Waals surface area contributed by atoms with E-state index in [0.29, 0.717) is 0 Å². The van der Waals surface area contributed by atoms with Crippen LogP contribution in [0.25, 0.3) is 0 Å². The van der Waals surface area contributed by atoms with Crippen molar-refractivity contribution in [1.29, 1.82) is 0 Å². The molecule has 0 heterocycles.